The van der Waals surface area contributed by atoms with Crippen molar-refractivity contribution >= 4 is 15.9 Å². The predicted octanol–water partition coefficient (Wildman–Crippen LogP) is 2.97. The van der Waals surface area contributed by atoms with Crippen LogP contribution in [0.25, 0.3) is 0 Å². The molecule has 1 aliphatic rings. The highest BCUT2D eigenvalue weighted by molar-refractivity contribution is 9.10. The highest BCUT2D eigenvalue weighted by Gasteiger charge is 2.20. The Morgan fingerprint density at radius 1 is 1.19 bits per heavy atom. The first-order valence-electron chi connectivity index (χ1n) is 6.84. The molecule has 2 aromatic carbocycles. The second-order valence-corrected chi connectivity index (χ2v) is 5.75. The number of hydrogen-bond acceptors (Lipinski definition) is 4. The summed E-state index contributed by atoms with van der Waals surface area (Å²) in [6.45, 7) is 1.55. The summed E-state index contributed by atoms with van der Waals surface area (Å²) in [7, 11) is 0. The lowest BCUT2D eigenvalue weighted by atomic mass is 10.1. The molecular formula is C16H17BrN2O2. The molecule has 4 nitrogen and oxygen atoms in total. The average Bonchev–Trinajstić information content (AvgIpc) is 2.98. The standard InChI is InChI=1S/C16H17BrN2O2/c17-13-6-12(7-15-16(13)21-10-20-15)14(8-18)19-9-11-4-2-1-3-5-11/h1-7,14,19H,8-10,18H2. The van der Waals surface area contributed by atoms with E-state index in [0.717, 1.165) is 28.1 Å². The molecule has 3 N–H and O–H groups in total. The summed E-state index contributed by atoms with van der Waals surface area (Å²) in [5.41, 5.74) is 8.23. The molecule has 0 radical (unpaired) electrons. The Labute approximate surface area is 132 Å². The second-order valence-electron chi connectivity index (χ2n) is 4.89. The lowest BCUT2D eigenvalue weighted by Crippen LogP contribution is -2.27. The average molecular weight is 349 g/mol. The van der Waals surface area contributed by atoms with Crippen LogP contribution in [0.4, 0.5) is 0 Å². The van der Waals surface area contributed by atoms with E-state index in [9.17, 15) is 0 Å². The fourth-order valence-corrected chi connectivity index (χ4v) is 2.94. The van der Waals surface area contributed by atoms with E-state index in [4.69, 9.17) is 15.2 Å². The normalized spacial score (nSPS) is 14.2. The van der Waals surface area contributed by atoms with Crippen LogP contribution in [0.2, 0.25) is 0 Å². The van der Waals surface area contributed by atoms with Gasteiger partial charge in [-0.05, 0) is 39.2 Å². The van der Waals surface area contributed by atoms with Gasteiger partial charge in [0.2, 0.25) is 6.79 Å². The molecule has 3 rings (SSSR count). The number of hydrogen-bond donors (Lipinski definition) is 2. The Morgan fingerprint density at radius 3 is 2.76 bits per heavy atom. The molecule has 0 aromatic heterocycles. The lowest BCUT2D eigenvalue weighted by Gasteiger charge is -2.18. The van der Waals surface area contributed by atoms with Gasteiger partial charge in [-0.15, -0.1) is 0 Å². The van der Waals surface area contributed by atoms with Crippen LogP contribution in [0.5, 0.6) is 11.5 Å². The van der Waals surface area contributed by atoms with Crippen LogP contribution in [0.1, 0.15) is 17.2 Å². The van der Waals surface area contributed by atoms with Crippen molar-refractivity contribution in [1.29, 1.82) is 0 Å². The van der Waals surface area contributed by atoms with Gasteiger partial charge in [0.1, 0.15) is 0 Å². The first kappa shape index (κ1) is 14.4. The molecule has 0 saturated heterocycles. The van der Waals surface area contributed by atoms with Crippen LogP contribution in [0.3, 0.4) is 0 Å². The third-order valence-electron chi connectivity index (χ3n) is 3.48. The molecule has 0 bridgehead atoms. The van der Waals surface area contributed by atoms with Crippen LogP contribution in [-0.4, -0.2) is 13.3 Å². The van der Waals surface area contributed by atoms with E-state index in [1.165, 1.54) is 5.56 Å². The summed E-state index contributed by atoms with van der Waals surface area (Å²) >= 11 is 3.52. The van der Waals surface area contributed by atoms with E-state index in [-0.39, 0.29) is 12.8 Å². The van der Waals surface area contributed by atoms with E-state index < -0.39 is 0 Å². The Hall–Kier alpha value is -1.56. The molecule has 0 saturated carbocycles. The zero-order valence-electron chi connectivity index (χ0n) is 11.5. The zero-order valence-corrected chi connectivity index (χ0v) is 13.1. The summed E-state index contributed by atoms with van der Waals surface area (Å²) in [5, 5.41) is 3.48. The maximum absolute atomic E-state index is 5.91. The van der Waals surface area contributed by atoms with Gasteiger partial charge in [-0.3, -0.25) is 0 Å². The molecule has 2 aromatic rings. The van der Waals surface area contributed by atoms with E-state index in [1.54, 1.807) is 0 Å². The third-order valence-corrected chi connectivity index (χ3v) is 4.07. The number of rotatable bonds is 5. The summed E-state index contributed by atoms with van der Waals surface area (Å²) in [6, 6.07) is 14.4. The zero-order chi connectivity index (χ0) is 14.7. The number of nitrogens with one attached hydrogen (secondary N) is 1. The first-order chi connectivity index (χ1) is 10.3. The van der Waals surface area contributed by atoms with Crippen molar-refractivity contribution in [2.24, 2.45) is 5.73 Å². The van der Waals surface area contributed by atoms with Gasteiger partial charge in [0.25, 0.3) is 0 Å². The van der Waals surface area contributed by atoms with E-state index in [1.807, 2.05) is 30.3 Å². The van der Waals surface area contributed by atoms with Crippen molar-refractivity contribution < 1.29 is 9.47 Å². The minimum atomic E-state index is 0.0657. The van der Waals surface area contributed by atoms with Crippen LogP contribution in [0.15, 0.2) is 46.9 Å². The fraction of sp³-hybridized carbons (Fsp3) is 0.250. The molecule has 1 aliphatic heterocycles. The third kappa shape index (κ3) is 3.20. The quantitative estimate of drug-likeness (QED) is 0.872. The van der Waals surface area contributed by atoms with Crippen LogP contribution in [-0.2, 0) is 6.54 Å². The molecule has 110 valence electrons. The summed E-state index contributed by atoms with van der Waals surface area (Å²) in [4.78, 5) is 0. The van der Waals surface area contributed by atoms with Crippen LogP contribution < -0.4 is 20.5 Å². The number of halogens is 1. The van der Waals surface area contributed by atoms with Gasteiger partial charge in [0, 0.05) is 19.1 Å². The fourth-order valence-electron chi connectivity index (χ4n) is 2.36. The van der Waals surface area contributed by atoms with Crippen molar-refractivity contribution in [1.82, 2.24) is 5.32 Å². The molecule has 21 heavy (non-hydrogen) atoms. The molecule has 1 unspecified atom stereocenters. The maximum atomic E-state index is 5.91. The largest absolute Gasteiger partial charge is 0.454 e. The lowest BCUT2D eigenvalue weighted by molar-refractivity contribution is 0.173. The molecular weight excluding hydrogens is 332 g/mol. The number of ether oxygens (including phenoxy) is 2. The van der Waals surface area contributed by atoms with Gasteiger partial charge in [0.15, 0.2) is 11.5 Å². The number of benzene rings is 2. The minimum absolute atomic E-state index is 0.0657. The summed E-state index contributed by atoms with van der Waals surface area (Å²) in [5.74, 6) is 1.52. The smallest absolute Gasteiger partial charge is 0.231 e. The second kappa shape index (κ2) is 6.47. The highest BCUT2D eigenvalue weighted by Crippen LogP contribution is 2.41. The predicted molar refractivity (Wildman–Crippen MR) is 85.3 cm³/mol. The number of nitrogens with two attached hydrogens (primary N) is 1. The van der Waals surface area contributed by atoms with Gasteiger partial charge in [-0.1, -0.05) is 30.3 Å². The topological polar surface area (TPSA) is 56.5 Å². The molecule has 5 heteroatoms. The Kier molecular flexibility index (Phi) is 4.43. The van der Waals surface area contributed by atoms with Crippen molar-refractivity contribution in [3.63, 3.8) is 0 Å². The molecule has 0 fully saturated rings. The Bertz CT molecular complexity index is 619. The van der Waals surface area contributed by atoms with Gasteiger partial charge < -0.3 is 20.5 Å². The molecule has 1 heterocycles. The van der Waals surface area contributed by atoms with Gasteiger partial charge in [-0.2, -0.15) is 0 Å². The maximum Gasteiger partial charge on any atom is 0.231 e. The molecule has 0 aliphatic carbocycles. The Balaban J connectivity index is 1.76. The van der Waals surface area contributed by atoms with Gasteiger partial charge >= 0.3 is 0 Å². The monoisotopic (exact) mass is 348 g/mol. The van der Waals surface area contributed by atoms with Gasteiger partial charge in [0.05, 0.1) is 4.47 Å². The van der Waals surface area contributed by atoms with Gasteiger partial charge in [-0.25, -0.2) is 0 Å². The van der Waals surface area contributed by atoms with Crippen molar-refractivity contribution in [3.8, 4) is 11.5 Å². The first-order valence-corrected chi connectivity index (χ1v) is 7.63. The van der Waals surface area contributed by atoms with Crippen molar-refractivity contribution in [2.45, 2.75) is 12.6 Å². The summed E-state index contributed by atoms with van der Waals surface area (Å²) in [6.07, 6.45) is 0. The van der Waals surface area contributed by atoms with Crippen molar-refractivity contribution in [3.05, 3.63) is 58.1 Å². The van der Waals surface area contributed by atoms with Crippen LogP contribution >= 0.6 is 15.9 Å². The SMILES string of the molecule is NCC(NCc1ccccc1)c1cc(Br)c2c(c1)OCO2. The number of fused-ring (bicyclic) bond motifs is 1. The minimum Gasteiger partial charge on any atom is -0.454 e. The van der Waals surface area contributed by atoms with Crippen LogP contribution in [0, 0.1) is 0 Å². The van der Waals surface area contributed by atoms with Crippen molar-refractivity contribution in [2.75, 3.05) is 13.3 Å². The molecule has 0 spiro atoms. The molecule has 1 atom stereocenters. The van der Waals surface area contributed by atoms with E-state index in [0.29, 0.717) is 6.54 Å². The van der Waals surface area contributed by atoms with E-state index in [2.05, 4.69) is 33.4 Å². The summed E-state index contributed by atoms with van der Waals surface area (Å²) < 4.78 is 11.8. The Morgan fingerprint density at radius 2 is 2.00 bits per heavy atom. The molecule has 0 amide bonds. The highest BCUT2D eigenvalue weighted by atomic mass is 79.9. The van der Waals surface area contributed by atoms with E-state index >= 15 is 0 Å².